The molecule has 0 aromatic carbocycles. The lowest BCUT2D eigenvalue weighted by molar-refractivity contribution is -0.153. The lowest BCUT2D eigenvalue weighted by Crippen LogP contribution is -2.35. The van der Waals surface area contributed by atoms with Crippen LogP contribution in [0.2, 0.25) is 0 Å². The molecule has 0 aromatic rings. The van der Waals surface area contributed by atoms with Gasteiger partial charge in [0.25, 0.3) is 12.9 Å². The molecule has 1 aliphatic carbocycles. The Kier molecular flexibility index (Phi) is 8.66. The van der Waals surface area contributed by atoms with Gasteiger partial charge in [0, 0.05) is 6.42 Å². The first-order chi connectivity index (χ1) is 11.0. The van der Waals surface area contributed by atoms with E-state index >= 15 is 0 Å². The van der Waals surface area contributed by atoms with Crippen LogP contribution in [-0.2, 0) is 28.6 Å². The van der Waals surface area contributed by atoms with Crippen LogP contribution >= 0.6 is 0 Å². The standard InChI is InChI=1S/C17H28O6/c1-14-3-5-15(6-4-14)7-8-16(20)23-11-17(2,9-21-12-18)10-22-13-19/h12-15H,3-11H2,1-2H3. The van der Waals surface area contributed by atoms with Crippen LogP contribution in [0.25, 0.3) is 0 Å². The molecule has 6 heteroatoms. The molecule has 0 amide bonds. The van der Waals surface area contributed by atoms with Gasteiger partial charge < -0.3 is 14.2 Å². The number of hydrogen-bond acceptors (Lipinski definition) is 6. The Bertz CT molecular complexity index is 361. The quantitative estimate of drug-likeness (QED) is 0.329. The summed E-state index contributed by atoms with van der Waals surface area (Å²) in [5, 5.41) is 0. The molecule has 6 nitrogen and oxygen atoms in total. The summed E-state index contributed by atoms with van der Waals surface area (Å²) in [5.74, 6) is 1.16. The van der Waals surface area contributed by atoms with Crippen molar-refractivity contribution < 1.29 is 28.6 Å². The number of ether oxygens (including phenoxy) is 3. The monoisotopic (exact) mass is 328 g/mol. The maximum Gasteiger partial charge on any atom is 0.305 e. The average Bonchev–Trinajstić information content (AvgIpc) is 2.56. The maximum absolute atomic E-state index is 11.9. The molecular formula is C17H28O6. The third-order valence-electron chi connectivity index (χ3n) is 4.47. The maximum atomic E-state index is 11.9. The SMILES string of the molecule is CC1CCC(CCC(=O)OCC(C)(COC=O)COC=O)CC1. The van der Waals surface area contributed by atoms with E-state index < -0.39 is 5.41 Å². The zero-order valence-electron chi connectivity index (χ0n) is 14.1. The van der Waals surface area contributed by atoms with Gasteiger partial charge in [0.15, 0.2) is 0 Å². The van der Waals surface area contributed by atoms with Gasteiger partial charge in [-0.2, -0.15) is 0 Å². The van der Waals surface area contributed by atoms with E-state index in [2.05, 4.69) is 6.92 Å². The van der Waals surface area contributed by atoms with Crippen molar-refractivity contribution in [1.82, 2.24) is 0 Å². The van der Waals surface area contributed by atoms with E-state index in [9.17, 15) is 14.4 Å². The molecule has 0 spiro atoms. The molecule has 0 heterocycles. The van der Waals surface area contributed by atoms with Crippen LogP contribution in [0.3, 0.4) is 0 Å². The van der Waals surface area contributed by atoms with Gasteiger partial charge >= 0.3 is 5.97 Å². The highest BCUT2D eigenvalue weighted by Gasteiger charge is 2.29. The Hall–Kier alpha value is -1.59. The normalized spacial score (nSPS) is 21.3. The topological polar surface area (TPSA) is 78.9 Å². The molecular weight excluding hydrogens is 300 g/mol. The van der Waals surface area contributed by atoms with Crippen molar-refractivity contribution in [1.29, 1.82) is 0 Å². The first kappa shape index (κ1) is 19.5. The summed E-state index contributed by atoms with van der Waals surface area (Å²) in [5.41, 5.74) is -0.724. The number of carbonyl (C=O) groups is 3. The Morgan fingerprint density at radius 2 is 1.61 bits per heavy atom. The van der Waals surface area contributed by atoms with Gasteiger partial charge in [-0.1, -0.05) is 32.6 Å². The van der Waals surface area contributed by atoms with Crippen molar-refractivity contribution in [3.05, 3.63) is 0 Å². The summed E-state index contributed by atoms with van der Waals surface area (Å²) >= 11 is 0. The molecule has 23 heavy (non-hydrogen) atoms. The van der Waals surface area contributed by atoms with Crippen LogP contribution in [0.15, 0.2) is 0 Å². The lowest BCUT2D eigenvalue weighted by Gasteiger charge is -2.27. The van der Waals surface area contributed by atoms with Crippen molar-refractivity contribution in [2.75, 3.05) is 19.8 Å². The molecule has 0 bridgehead atoms. The molecule has 0 unspecified atom stereocenters. The summed E-state index contributed by atoms with van der Waals surface area (Å²) < 4.78 is 14.7. The Morgan fingerprint density at radius 1 is 1.04 bits per heavy atom. The van der Waals surface area contributed by atoms with Crippen LogP contribution in [0.4, 0.5) is 0 Å². The highest BCUT2D eigenvalue weighted by molar-refractivity contribution is 5.69. The fraction of sp³-hybridized carbons (Fsp3) is 0.824. The van der Waals surface area contributed by atoms with Gasteiger partial charge in [0.2, 0.25) is 0 Å². The van der Waals surface area contributed by atoms with Gasteiger partial charge in [-0.3, -0.25) is 14.4 Å². The van der Waals surface area contributed by atoms with Crippen molar-refractivity contribution in [3.8, 4) is 0 Å². The molecule has 0 N–H and O–H groups in total. The Morgan fingerprint density at radius 3 is 2.13 bits per heavy atom. The average molecular weight is 328 g/mol. The summed E-state index contributed by atoms with van der Waals surface area (Å²) in [4.78, 5) is 32.5. The molecule has 0 radical (unpaired) electrons. The fourth-order valence-electron chi connectivity index (χ4n) is 2.86. The number of hydrogen-bond donors (Lipinski definition) is 0. The van der Waals surface area contributed by atoms with E-state index in [0.29, 0.717) is 25.3 Å². The smallest absolute Gasteiger partial charge is 0.305 e. The zero-order chi connectivity index (χ0) is 17.1. The third-order valence-corrected chi connectivity index (χ3v) is 4.47. The second kappa shape index (κ2) is 10.2. The summed E-state index contributed by atoms with van der Waals surface area (Å²) in [6.45, 7) is 4.76. The number of carbonyl (C=O) groups excluding carboxylic acids is 3. The van der Waals surface area contributed by atoms with Crippen molar-refractivity contribution >= 4 is 18.9 Å². The van der Waals surface area contributed by atoms with E-state index in [-0.39, 0.29) is 25.8 Å². The first-order valence-electron chi connectivity index (χ1n) is 8.25. The van der Waals surface area contributed by atoms with E-state index in [4.69, 9.17) is 14.2 Å². The summed E-state index contributed by atoms with van der Waals surface area (Å²) in [6, 6.07) is 0. The molecule has 0 atom stereocenters. The van der Waals surface area contributed by atoms with Crippen LogP contribution in [0, 0.1) is 17.3 Å². The van der Waals surface area contributed by atoms with Gasteiger partial charge in [-0.15, -0.1) is 0 Å². The second-order valence-electron chi connectivity index (χ2n) is 6.95. The van der Waals surface area contributed by atoms with E-state index in [1.165, 1.54) is 25.7 Å². The van der Waals surface area contributed by atoms with E-state index in [1.807, 2.05) is 0 Å². The van der Waals surface area contributed by atoms with E-state index in [0.717, 1.165) is 12.3 Å². The predicted molar refractivity (Wildman–Crippen MR) is 83.5 cm³/mol. The van der Waals surface area contributed by atoms with Gasteiger partial charge in [0.05, 0.1) is 5.41 Å². The Labute approximate surface area is 137 Å². The van der Waals surface area contributed by atoms with Crippen LogP contribution in [-0.4, -0.2) is 38.7 Å². The minimum absolute atomic E-state index is 0.0259. The van der Waals surface area contributed by atoms with Crippen LogP contribution < -0.4 is 0 Å². The highest BCUT2D eigenvalue weighted by Crippen LogP contribution is 2.31. The fourth-order valence-corrected chi connectivity index (χ4v) is 2.86. The van der Waals surface area contributed by atoms with Crippen molar-refractivity contribution in [3.63, 3.8) is 0 Å². The number of rotatable bonds is 11. The highest BCUT2D eigenvalue weighted by atomic mass is 16.6. The Balaban J connectivity index is 2.30. The van der Waals surface area contributed by atoms with Crippen LogP contribution in [0.5, 0.6) is 0 Å². The molecule has 1 aliphatic rings. The molecule has 0 saturated heterocycles. The molecule has 1 saturated carbocycles. The predicted octanol–water partition coefficient (Wildman–Crippen LogP) is 2.49. The second-order valence-corrected chi connectivity index (χ2v) is 6.95. The molecule has 0 aromatic heterocycles. The third kappa shape index (κ3) is 8.00. The van der Waals surface area contributed by atoms with Gasteiger partial charge in [0.1, 0.15) is 19.8 Å². The summed E-state index contributed by atoms with van der Waals surface area (Å²) in [7, 11) is 0. The number of esters is 1. The van der Waals surface area contributed by atoms with Gasteiger partial charge in [-0.25, -0.2) is 0 Å². The van der Waals surface area contributed by atoms with Crippen LogP contribution in [0.1, 0.15) is 52.4 Å². The largest absolute Gasteiger partial charge is 0.467 e. The lowest BCUT2D eigenvalue weighted by atomic mass is 9.81. The zero-order valence-corrected chi connectivity index (χ0v) is 14.1. The minimum Gasteiger partial charge on any atom is -0.467 e. The first-order valence-corrected chi connectivity index (χ1v) is 8.25. The van der Waals surface area contributed by atoms with E-state index in [1.54, 1.807) is 6.92 Å². The molecule has 1 fully saturated rings. The molecule has 132 valence electrons. The molecule has 0 aliphatic heterocycles. The van der Waals surface area contributed by atoms with Gasteiger partial charge in [-0.05, 0) is 25.2 Å². The minimum atomic E-state index is -0.724. The van der Waals surface area contributed by atoms with Crippen molar-refractivity contribution in [2.45, 2.75) is 52.4 Å². The summed E-state index contributed by atoms with van der Waals surface area (Å²) in [6.07, 6.45) is 6.11. The van der Waals surface area contributed by atoms with Crippen molar-refractivity contribution in [2.24, 2.45) is 17.3 Å². The molecule has 1 rings (SSSR count).